The maximum absolute atomic E-state index is 10.4. The molecule has 0 aromatic carbocycles. The Morgan fingerprint density at radius 3 is 2.08 bits per heavy atom. The molecule has 0 saturated heterocycles. The van der Waals surface area contributed by atoms with Crippen LogP contribution in [0.1, 0.15) is 32.1 Å². The molecular weight excluding hydrogens is 181 g/mol. The van der Waals surface area contributed by atoms with E-state index in [1.807, 2.05) is 0 Å². The van der Waals surface area contributed by atoms with E-state index in [0.29, 0.717) is 0 Å². The fourth-order valence-electron chi connectivity index (χ4n) is 1.36. The zero-order valence-corrected chi connectivity index (χ0v) is 7.87. The van der Waals surface area contributed by atoms with Crippen molar-refractivity contribution in [2.24, 2.45) is 0 Å². The predicted octanol–water partition coefficient (Wildman–Crippen LogP) is 1.59. The second kappa shape index (κ2) is 4.94. The lowest BCUT2D eigenvalue weighted by molar-refractivity contribution is 0.104. The van der Waals surface area contributed by atoms with E-state index in [2.05, 4.69) is 4.52 Å². The van der Waals surface area contributed by atoms with Crippen molar-refractivity contribution in [3.8, 4) is 0 Å². The number of hydrogen-bond acceptors (Lipinski definition) is 3. The van der Waals surface area contributed by atoms with Gasteiger partial charge in [0.1, 0.15) is 0 Å². The van der Waals surface area contributed by atoms with E-state index in [1.54, 1.807) is 0 Å². The summed E-state index contributed by atoms with van der Waals surface area (Å²) in [6.07, 6.45) is 4.54. The molecule has 0 aliphatic heterocycles. The summed E-state index contributed by atoms with van der Waals surface area (Å²) < 4.78 is 14.9. The van der Waals surface area contributed by atoms with E-state index in [4.69, 9.17) is 9.79 Å². The fraction of sp³-hybridized carbons (Fsp3) is 1.00. The molecular formula is C6H16NO4P. The summed E-state index contributed by atoms with van der Waals surface area (Å²) in [5.41, 5.74) is 0. The normalized spacial score (nSPS) is 20.2. The first kappa shape index (κ1) is 12.1. The molecule has 0 amide bonds. The zero-order chi connectivity index (χ0) is 8.32. The Bertz CT molecular complexity index is 163. The average molecular weight is 197 g/mol. The Balaban J connectivity index is 0.00000121. The van der Waals surface area contributed by atoms with E-state index < -0.39 is 7.82 Å². The Labute approximate surface area is 71.9 Å². The summed E-state index contributed by atoms with van der Waals surface area (Å²) in [6.45, 7) is 0. The van der Waals surface area contributed by atoms with Crippen LogP contribution in [0.4, 0.5) is 0 Å². The molecule has 0 unspecified atom stereocenters. The van der Waals surface area contributed by atoms with Gasteiger partial charge < -0.3 is 15.9 Å². The van der Waals surface area contributed by atoms with Crippen molar-refractivity contribution in [3.05, 3.63) is 0 Å². The highest BCUT2D eigenvalue weighted by Gasteiger charge is 2.23. The van der Waals surface area contributed by atoms with E-state index in [-0.39, 0.29) is 12.3 Å². The van der Waals surface area contributed by atoms with Crippen LogP contribution in [0.2, 0.25) is 0 Å². The molecule has 1 saturated carbocycles. The molecule has 1 aliphatic rings. The monoisotopic (exact) mass is 197 g/mol. The molecule has 0 aromatic rings. The Morgan fingerprint density at radius 2 is 1.67 bits per heavy atom. The first-order valence-electron chi connectivity index (χ1n) is 3.82. The highest BCUT2D eigenvalue weighted by molar-refractivity contribution is 7.46. The smallest absolute Gasteiger partial charge is 0.344 e. The Morgan fingerprint density at radius 1 is 1.17 bits per heavy atom. The van der Waals surface area contributed by atoms with Gasteiger partial charge in [0.25, 0.3) is 0 Å². The summed E-state index contributed by atoms with van der Waals surface area (Å²) in [5.74, 6) is 0. The van der Waals surface area contributed by atoms with Crippen LogP contribution in [0, 0.1) is 0 Å². The number of hydrogen-bond donors (Lipinski definition) is 3. The van der Waals surface area contributed by atoms with Crippen molar-refractivity contribution >= 4 is 7.82 Å². The Hall–Kier alpha value is 0.0700. The molecule has 0 bridgehead atoms. The van der Waals surface area contributed by atoms with Crippen LogP contribution in [0.25, 0.3) is 0 Å². The van der Waals surface area contributed by atoms with Gasteiger partial charge in [-0.05, 0) is 12.8 Å². The molecule has 1 rings (SSSR count). The Kier molecular flexibility index (Phi) is 4.97. The molecule has 1 fully saturated rings. The second-order valence-electron chi connectivity index (χ2n) is 2.86. The molecule has 1 aliphatic carbocycles. The summed E-state index contributed by atoms with van der Waals surface area (Å²) in [6, 6.07) is 0. The number of phosphoric ester groups is 1. The minimum Gasteiger partial charge on any atom is -0.344 e. The quantitative estimate of drug-likeness (QED) is 0.583. The number of phosphoric acid groups is 1. The standard InChI is InChI=1S/C6H13O4P.H3N/c7-11(8,9)10-6-4-2-1-3-5-6;/h6H,1-5H2,(H2,7,8,9);1H3. The van der Waals surface area contributed by atoms with Crippen LogP contribution in [-0.4, -0.2) is 15.9 Å². The fourth-order valence-corrected chi connectivity index (χ4v) is 1.96. The van der Waals surface area contributed by atoms with Gasteiger partial charge in [0.2, 0.25) is 0 Å². The van der Waals surface area contributed by atoms with Crippen molar-refractivity contribution in [3.63, 3.8) is 0 Å². The van der Waals surface area contributed by atoms with E-state index in [1.165, 1.54) is 0 Å². The lowest BCUT2D eigenvalue weighted by atomic mass is 9.98. The van der Waals surface area contributed by atoms with Crippen molar-refractivity contribution in [1.29, 1.82) is 0 Å². The minimum absolute atomic E-state index is 0. The third kappa shape index (κ3) is 4.85. The SMILES string of the molecule is N.O=P(O)(O)OC1CCCCC1. The van der Waals surface area contributed by atoms with Gasteiger partial charge in [-0.3, -0.25) is 4.52 Å². The van der Waals surface area contributed by atoms with Crippen molar-refractivity contribution < 1.29 is 18.9 Å². The molecule has 6 heteroatoms. The summed E-state index contributed by atoms with van der Waals surface area (Å²) >= 11 is 0. The highest BCUT2D eigenvalue weighted by Crippen LogP contribution is 2.40. The molecule has 74 valence electrons. The van der Waals surface area contributed by atoms with Gasteiger partial charge in [-0.25, -0.2) is 4.57 Å². The molecule has 0 aromatic heterocycles. The van der Waals surface area contributed by atoms with Crippen molar-refractivity contribution in [2.75, 3.05) is 0 Å². The van der Waals surface area contributed by atoms with Crippen molar-refractivity contribution in [2.45, 2.75) is 38.2 Å². The summed E-state index contributed by atoms with van der Waals surface area (Å²) in [7, 11) is -4.23. The van der Waals surface area contributed by atoms with Gasteiger partial charge in [0, 0.05) is 0 Å². The van der Waals surface area contributed by atoms with E-state index >= 15 is 0 Å². The maximum atomic E-state index is 10.4. The number of rotatable bonds is 2. The molecule has 12 heavy (non-hydrogen) atoms. The molecule has 0 heterocycles. The van der Waals surface area contributed by atoms with Crippen LogP contribution >= 0.6 is 7.82 Å². The van der Waals surface area contributed by atoms with Gasteiger partial charge in [-0.2, -0.15) is 0 Å². The predicted molar refractivity (Wildman–Crippen MR) is 45.0 cm³/mol. The molecule has 0 spiro atoms. The van der Waals surface area contributed by atoms with Gasteiger partial charge in [0.15, 0.2) is 0 Å². The summed E-state index contributed by atoms with van der Waals surface area (Å²) in [5, 5.41) is 0. The first-order chi connectivity index (χ1) is 5.08. The minimum atomic E-state index is -4.23. The van der Waals surface area contributed by atoms with Crippen LogP contribution in [0.3, 0.4) is 0 Å². The van der Waals surface area contributed by atoms with Crippen LogP contribution in [-0.2, 0) is 9.09 Å². The third-order valence-corrected chi connectivity index (χ3v) is 2.41. The highest BCUT2D eigenvalue weighted by atomic mass is 31.2. The largest absolute Gasteiger partial charge is 0.469 e. The van der Waals surface area contributed by atoms with E-state index in [0.717, 1.165) is 32.1 Å². The third-order valence-electron chi connectivity index (χ3n) is 1.84. The summed E-state index contributed by atoms with van der Waals surface area (Å²) in [4.78, 5) is 16.9. The van der Waals surface area contributed by atoms with Crippen LogP contribution in [0.15, 0.2) is 0 Å². The van der Waals surface area contributed by atoms with Crippen molar-refractivity contribution in [1.82, 2.24) is 6.15 Å². The molecule has 5 N–H and O–H groups in total. The topological polar surface area (TPSA) is 102 Å². The van der Waals surface area contributed by atoms with Gasteiger partial charge in [-0.1, -0.05) is 19.3 Å². The maximum Gasteiger partial charge on any atom is 0.469 e. The zero-order valence-electron chi connectivity index (χ0n) is 6.98. The van der Waals surface area contributed by atoms with Gasteiger partial charge in [-0.15, -0.1) is 0 Å². The molecule has 0 radical (unpaired) electrons. The second-order valence-corrected chi connectivity index (χ2v) is 4.05. The van der Waals surface area contributed by atoms with Crippen LogP contribution < -0.4 is 6.15 Å². The average Bonchev–Trinajstić information content (AvgIpc) is 1.85. The van der Waals surface area contributed by atoms with Gasteiger partial charge in [0.05, 0.1) is 6.10 Å². The molecule has 5 nitrogen and oxygen atoms in total. The van der Waals surface area contributed by atoms with Crippen LogP contribution in [0.5, 0.6) is 0 Å². The van der Waals surface area contributed by atoms with Gasteiger partial charge >= 0.3 is 7.82 Å². The first-order valence-corrected chi connectivity index (χ1v) is 5.35. The lowest BCUT2D eigenvalue weighted by Gasteiger charge is -2.21. The molecule has 0 atom stereocenters. The lowest BCUT2D eigenvalue weighted by Crippen LogP contribution is -2.14. The van der Waals surface area contributed by atoms with E-state index in [9.17, 15) is 4.57 Å².